The third-order valence-corrected chi connectivity index (χ3v) is 3.88. The molecule has 1 aromatic heterocycles. The SMILES string of the molecule is O=C(O)C1CCCN(c2ncnc3cc(Cl)ccc23)C1. The van der Waals surface area contributed by atoms with Crippen molar-refractivity contribution in [1.29, 1.82) is 0 Å². The van der Waals surface area contributed by atoms with E-state index in [0.29, 0.717) is 11.6 Å². The molecule has 1 unspecified atom stereocenters. The fraction of sp³-hybridized carbons (Fsp3) is 0.357. The molecule has 1 atom stereocenters. The zero-order valence-electron chi connectivity index (χ0n) is 10.8. The van der Waals surface area contributed by atoms with E-state index in [1.807, 2.05) is 11.0 Å². The molecule has 3 rings (SSSR count). The van der Waals surface area contributed by atoms with Crippen molar-refractivity contribution in [2.45, 2.75) is 12.8 Å². The number of aliphatic carboxylic acids is 1. The number of aromatic nitrogens is 2. The summed E-state index contributed by atoms with van der Waals surface area (Å²) in [5.41, 5.74) is 0.778. The normalized spacial score (nSPS) is 19.2. The Morgan fingerprint density at radius 3 is 3.05 bits per heavy atom. The lowest BCUT2D eigenvalue weighted by Crippen LogP contribution is -2.39. The first-order chi connectivity index (χ1) is 9.65. The van der Waals surface area contributed by atoms with Crippen LogP contribution in [-0.4, -0.2) is 34.1 Å². The summed E-state index contributed by atoms with van der Waals surface area (Å²) in [6.45, 7) is 1.31. The Hall–Kier alpha value is -1.88. The van der Waals surface area contributed by atoms with Crippen LogP contribution in [0.25, 0.3) is 10.9 Å². The number of nitrogens with zero attached hydrogens (tertiary/aromatic N) is 3. The summed E-state index contributed by atoms with van der Waals surface area (Å²) in [5, 5.41) is 10.7. The van der Waals surface area contributed by atoms with Crippen molar-refractivity contribution in [2.24, 2.45) is 5.92 Å². The molecular formula is C14H14ClN3O2. The number of piperidine rings is 1. The van der Waals surface area contributed by atoms with E-state index in [-0.39, 0.29) is 5.92 Å². The lowest BCUT2D eigenvalue weighted by atomic mass is 9.98. The average Bonchev–Trinajstić information content (AvgIpc) is 2.46. The second kappa shape index (κ2) is 5.25. The van der Waals surface area contributed by atoms with Crippen LogP contribution in [0.5, 0.6) is 0 Å². The maximum absolute atomic E-state index is 11.2. The lowest BCUT2D eigenvalue weighted by molar-refractivity contribution is -0.141. The smallest absolute Gasteiger partial charge is 0.308 e. The Bertz CT molecular complexity index is 662. The van der Waals surface area contributed by atoms with Gasteiger partial charge in [0.2, 0.25) is 0 Å². The van der Waals surface area contributed by atoms with Crippen LogP contribution in [0.3, 0.4) is 0 Å². The summed E-state index contributed by atoms with van der Waals surface area (Å²) < 4.78 is 0. The van der Waals surface area contributed by atoms with Gasteiger partial charge < -0.3 is 10.0 Å². The number of carboxylic acids is 1. The monoisotopic (exact) mass is 291 g/mol. The van der Waals surface area contributed by atoms with Crippen LogP contribution in [0.15, 0.2) is 24.5 Å². The first kappa shape index (κ1) is 13.1. The molecule has 1 N–H and O–H groups in total. The summed E-state index contributed by atoms with van der Waals surface area (Å²) in [5.74, 6) is -0.283. The van der Waals surface area contributed by atoms with Gasteiger partial charge in [0.05, 0.1) is 11.4 Å². The molecule has 0 radical (unpaired) electrons. The van der Waals surface area contributed by atoms with Gasteiger partial charge in [-0.1, -0.05) is 11.6 Å². The van der Waals surface area contributed by atoms with Crippen LogP contribution in [0, 0.1) is 5.92 Å². The van der Waals surface area contributed by atoms with Crippen molar-refractivity contribution in [3.8, 4) is 0 Å². The summed E-state index contributed by atoms with van der Waals surface area (Å²) in [4.78, 5) is 21.7. The molecule has 1 aliphatic heterocycles. The number of benzene rings is 1. The van der Waals surface area contributed by atoms with Crippen molar-refractivity contribution in [3.05, 3.63) is 29.5 Å². The number of halogens is 1. The molecule has 1 fully saturated rings. The molecule has 1 aromatic carbocycles. The van der Waals surface area contributed by atoms with Gasteiger partial charge in [0.25, 0.3) is 0 Å². The largest absolute Gasteiger partial charge is 0.481 e. The van der Waals surface area contributed by atoms with Crippen molar-refractivity contribution in [2.75, 3.05) is 18.0 Å². The van der Waals surface area contributed by atoms with Crippen LogP contribution in [0.1, 0.15) is 12.8 Å². The molecule has 0 aliphatic carbocycles. The molecule has 0 bridgehead atoms. The maximum Gasteiger partial charge on any atom is 0.308 e. The summed E-state index contributed by atoms with van der Waals surface area (Å²) in [7, 11) is 0. The van der Waals surface area contributed by atoms with Gasteiger partial charge in [0, 0.05) is 23.5 Å². The minimum atomic E-state index is -0.740. The second-order valence-corrected chi connectivity index (χ2v) is 5.42. The molecule has 0 spiro atoms. The van der Waals surface area contributed by atoms with E-state index in [0.717, 1.165) is 36.1 Å². The number of carbonyl (C=O) groups is 1. The highest BCUT2D eigenvalue weighted by Gasteiger charge is 2.26. The van der Waals surface area contributed by atoms with E-state index >= 15 is 0 Å². The zero-order chi connectivity index (χ0) is 14.1. The molecule has 1 aliphatic rings. The summed E-state index contributed by atoms with van der Waals surface area (Å²) >= 11 is 5.97. The molecule has 0 amide bonds. The number of anilines is 1. The molecule has 2 aromatic rings. The van der Waals surface area contributed by atoms with E-state index in [9.17, 15) is 9.90 Å². The van der Waals surface area contributed by atoms with Crippen LogP contribution in [0.4, 0.5) is 5.82 Å². The van der Waals surface area contributed by atoms with E-state index in [2.05, 4.69) is 9.97 Å². The standard InChI is InChI=1S/C14H14ClN3O2/c15-10-3-4-11-12(6-10)16-8-17-13(11)18-5-1-2-9(7-18)14(19)20/h3-4,6,8-9H,1-2,5,7H2,(H,19,20). The second-order valence-electron chi connectivity index (χ2n) is 4.98. The van der Waals surface area contributed by atoms with E-state index in [1.165, 1.54) is 6.33 Å². The van der Waals surface area contributed by atoms with Crippen LogP contribution in [0.2, 0.25) is 5.02 Å². The molecule has 104 valence electrons. The minimum Gasteiger partial charge on any atom is -0.481 e. The first-order valence-corrected chi connectivity index (χ1v) is 6.91. The lowest BCUT2D eigenvalue weighted by Gasteiger charge is -2.32. The van der Waals surface area contributed by atoms with Gasteiger partial charge in [-0.2, -0.15) is 0 Å². The zero-order valence-corrected chi connectivity index (χ0v) is 11.5. The van der Waals surface area contributed by atoms with Crippen molar-refractivity contribution in [3.63, 3.8) is 0 Å². The third-order valence-electron chi connectivity index (χ3n) is 3.65. The molecule has 2 heterocycles. The Balaban J connectivity index is 1.99. The predicted octanol–water partition coefficient (Wildman–Crippen LogP) is 2.58. The van der Waals surface area contributed by atoms with Gasteiger partial charge in [-0.15, -0.1) is 0 Å². The van der Waals surface area contributed by atoms with Gasteiger partial charge >= 0.3 is 5.97 Å². The molecule has 0 saturated carbocycles. The average molecular weight is 292 g/mol. The van der Waals surface area contributed by atoms with Crippen molar-refractivity contribution < 1.29 is 9.90 Å². The van der Waals surface area contributed by atoms with Gasteiger partial charge in [0.1, 0.15) is 12.1 Å². The third kappa shape index (κ3) is 2.41. The molecule has 1 saturated heterocycles. The first-order valence-electron chi connectivity index (χ1n) is 6.53. The molecular weight excluding hydrogens is 278 g/mol. The van der Waals surface area contributed by atoms with Gasteiger partial charge in [-0.05, 0) is 31.0 Å². The number of fused-ring (bicyclic) bond motifs is 1. The Morgan fingerprint density at radius 2 is 2.25 bits per heavy atom. The van der Waals surface area contributed by atoms with Gasteiger partial charge in [-0.3, -0.25) is 4.79 Å². The minimum absolute atomic E-state index is 0.332. The summed E-state index contributed by atoms with van der Waals surface area (Å²) in [6.07, 6.45) is 3.08. The fourth-order valence-electron chi connectivity index (χ4n) is 2.64. The van der Waals surface area contributed by atoms with E-state index in [1.54, 1.807) is 12.1 Å². The highest BCUT2D eigenvalue weighted by Crippen LogP contribution is 2.28. The topological polar surface area (TPSA) is 66.3 Å². The number of carboxylic acid groups (broad SMARTS) is 1. The molecule has 6 heteroatoms. The van der Waals surface area contributed by atoms with Gasteiger partial charge in [-0.25, -0.2) is 9.97 Å². The van der Waals surface area contributed by atoms with Crippen molar-refractivity contribution >= 4 is 34.3 Å². The van der Waals surface area contributed by atoms with Crippen LogP contribution < -0.4 is 4.90 Å². The predicted molar refractivity (Wildman–Crippen MR) is 77.1 cm³/mol. The Morgan fingerprint density at radius 1 is 1.40 bits per heavy atom. The number of hydrogen-bond donors (Lipinski definition) is 1. The Kier molecular flexibility index (Phi) is 3.44. The molecule has 20 heavy (non-hydrogen) atoms. The quantitative estimate of drug-likeness (QED) is 0.921. The Labute approximate surface area is 121 Å². The van der Waals surface area contributed by atoms with Crippen LogP contribution in [-0.2, 0) is 4.79 Å². The fourth-order valence-corrected chi connectivity index (χ4v) is 2.81. The summed E-state index contributed by atoms with van der Waals surface area (Å²) in [6, 6.07) is 5.48. The van der Waals surface area contributed by atoms with Crippen LogP contribution >= 0.6 is 11.6 Å². The number of rotatable bonds is 2. The van der Waals surface area contributed by atoms with Gasteiger partial charge in [0.15, 0.2) is 0 Å². The van der Waals surface area contributed by atoms with E-state index in [4.69, 9.17) is 11.6 Å². The molecule has 5 nitrogen and oxygen atoms in total. The van der Waals surface area contributed by atoms with E-state index < -0.39 is 5.97 Å². The highest BCUT2D eigenvalue weighted by molar-refractivity contribution is 6.31. The highest BCUT2D eigenvalue weighted by atomic mass is 35.5. The number of hydrogen-bond acceptors (Lipinski definition) is 4. The van der Waals surface area contributed by atoms with Crippen molar-refractivity contribution in [1.82, 2.24) is 9.97 Å². The maximum atomic E-state index is 11.2.